The van der Waals surface area contributed by atoms with Crippen molar-refractivity contribution in [3.05, 3.63) is 63.8 Å². The SMILES string of the molecule is CCCc1cc(CCC)cc(Cn2c3c(c4c(OCC(=O)OCC)ccc(CCCCCC(N)=O)c42)C(C(=O)NN)CCC3)c1. The van der Waals surface area contributed by atoms with Crippen LogP contribution in [0.25, 0.3) is 10.9 Å². The van der Waals surface area contributed by atoms with Crippen LogP contribution in [0.2, 0.25) is 0 Å². The molecule has 9 heteroatoms. The average molecular weight is 619 g/mol. The molecule has 2 aromatic carbocycles. The van der Waals surface area contributed by atoms with Crippen LogP contribution in [0.1, 0.15) is 112 Å². The van der Waals surface area contributed by atoms with Crippen molar-refractivity contribution in [2.75, 3.05) is 13.2 Å². The zero-order valence-corrected chi connectivity index (χ0v) is 27.2. The van der Waals surface area contributed by atoms with E-state index in [9.17, 15) is 14.4 Å². The van der Waals surface area contributed by atoms with Gasteiger partial charge in [0.15, 0.2) is 6.61 Å². The molecular formula is C36H50N4O5. The second-order valence-corrected chi connectivity index (χ2v) is 12.1. The monoisotopic (exact) mass is 618 g/mol. The number of hydrazine groups is 1. The summed E-state index contributed by atoms with van der Waals surface area (Å²) in [6.45, 7) is 6.89. The van der Waals surface area contributed by atoms with Crippen molar-refractivity contribution < 1.29 is 23.9 Å². The summed E-state index contributed by atoms with van der Waals surface area (Å²) in [5, 5.41) is 0.871. The van der Waals surface area contributed by atoms with Gasteiger partial charge in [-0.25, -0.2) is 10.6 Å². The van der Waals surface area contributed by atoms with Gasteiger partial charge in [-0.1, -0.05) is 57.4 Å². The largest absolute Gasteiger partial charge is 0.481 e. The summed E-state index contributed by atoms with van der Waals surface area (Å²) in [5.41, 5.74) is 15.9. The van der Waals surface area contributed by atoms with Crippen LogP contribution in [0.3, 0.4) is 0 Å². The molecule has 1 aromatic heterocycles. The van der Waals surface area contributed by atoms with E-state index in [-0.39, 0.29) is 25.0 Å². The fourth-order valence-corrected chi connectivity index (χ4v) is 6.84. The van der Waals surface area contributed by atoms with Gasteiger partial charge < -0.3 is 19.8 Å². The van der Waals surface area contributed by atoms with Crippen LogP contribution in [-0.4, -0.2) is 35.6 Å². The molecule has 0 fully saturated rings. The number of carbonyl (C=O) groups excluding carboxylic acids is 3. The summed E-state index contributed by atoms with van der Waals surface area (Å²) in [7, 11) is 0. The van der Waals surface area contributed by atoms with Crippen LogP contribution in [0.4, 0.5) is 0 Å². The molecule has 1 atom stereocenters. The maximum atomic E-state index is 13.2. The minimum atomic E-state index is -0.440. The molecular weight excluding hydrogens is 568 g/mol. The number of nitrogens with two attached hydrogens (primary N) is 2. The Bertz CT molecular complexity index is 1470. The number of carbonyl (C=O) groups is 3. The van der Waals surface area contributed by atoms with Gasteiger partial charge in [0.1, 0.15) is 5.75 Å². The Morgan fingerprint density at radius 1 is 0.956 bits per heavy atom. The summed E-state index contributed by atoms with van der Waals surface area (Å²) >= 11 is 0. The Kier molecular flexibility index (Phi) is 12.4. The number of primary amides is 1. The number of hydrogen-bond donors (Lipinski definition) is 3. The van der Waals surface area contributed by atoms with Gasteiger partial charge in [0, 0.05) is 24.0 Å². The third kappa shape index (κ3) is 8.45. The van der Waals surface area contributed by atoms with Gasteiger partial charge in [-0.2, -0.15) is 0 Å². The smallest absolute Gasteiger partial charge is 0.344 e. The molecule has 0 radical (unpaired) electrons. The van der Waals surface area contributed by atoms with Gasteiger partial charge in [0.05, 0.1) is 18.0 Å². The van der Waals surface area contributed by atoms with E-state index in [1.165, 1.54) is 16.7 Å². The molecule has 5 N–H and O–H groups in total. The van der Waals surface area contributed by atoms with E-state index in [0.717, 1.165) is 91.9 Å². The molecule has 0 aliphatic heterocycles. The van der Waals surface area contributed by atoms with Crippen molar-refractivity contribution in [1.82, 2.24) is 9.99 Å². The first-order valence-corrected chi connectivity index (χ1v) is 16.7. The Morgan fingerprint density at radius 2 is 1.67 bits per heavy atom. The van der Waals surface area contributed by atoms with Crippen molar-refractivity contribution in [2.45, 2.75) is 110 Å². The molecule has 244 valence electrons. The zero-order valence-electron chi connectivity index (χ0n) is 27.2. The van der Waals surface area contributed by atoms with E-state index in [0.29, 0.717) is 25.1 Å². The van der Waals surface area contributed by atoms with Gasteiger partial charge in [-0.3, -0.25) is 15.0 Å². The lowest BCUT2D eigenvalue weighted by molar-refractivity contribution is -0.145. The Labute approximate surface area is 267 Å². The highest BCUT2D eigenvalue weighted by atomic mass is 16.6. The van der Waals surface area contributed by atoms with Crippen molar-refractivity contribution in [3.8, 4) is 5.75 Å². The first-order chi connectivity index (χ1) is 21.8. The second-order valence-electron chi connectivity index (χ2n) is 12.1. The molecule has 1 unspecified atom stereocenters. The van der Waals surface area contributed by atoms with Crippen LogP contribution < -0.4 is 21.7 Å². The normalized spacial score (nSPS) is 14.3. The van der Waals surface area contributed by atoms with Crippen LogP contribution in [-0.2, 0) is 51.3 Å². The highest BCUT2D eigenvalue weighted by Gasteiger charge is 2.34. The van der Waals surface area contributed by atoms with Crippen molar-refractivity contribution in [2.24, 2.45) is 11.6 Å². The molecule has 1 aliphatic carbocycles. The first kappa shape index (κ1) is 34.0. The number of unbranched alkanes of at least 4 members (excludes halogenated alkanes) is 2. The number of esters is 1. The topological polar surface area (TPSA) is 139 Å². The van der Waals surface area contributed by atoms with Crippen molar-refractivity contribution in [1.29, 1.82) is 0 Å². The molecule has 9 nitrogen and oxygen atoms in total. The average Bonchev–Trinajstić information content (AvgIpc) is 3.34. The van der Waals surface area contributed by atoms with Gasteiger partial charge >= 0.3 is 5.97 Å². The minimum Gasteiger partial charge on any atom is -0.481 e. The third-order valence-electron chi connectivity index (χ3n) is 8.66. The fourth-order valence-electron chi connectivity index (χ4n) is 6.84. The maximum Gasteiger partial charge on any atom is 0.344 e. The lowest BCUT2D eigenvalue weighted by Crippen LogP contribution is -2.36. The maximum absolute atomic E-state index is 13.2. The van der Waals surface area contributed by atoms with Crippen LogP contribution >= 0.6 is 0 Å². The summed E-state index contributed by atoms with van der Waals surface area (Å²) in [6, 6.07) is 11.0. The summed E-state index contributed by atoms with van der Waals surface area (Å²) in [4.78, 5) is 36.8. The van der Waals surface area contributed by atoms with Gasteiger partial charge in [-0.15, -0.1) is 0 Å². The van der Waals surface area contributed by atoms with Crippen LogP contribution in [0.15, 0.2) is 30.3 Å². The number of ether oxygens (including phenoxy) is 2. The van der Waals surface area contributed by atoms with E-state index in [4.69, 9.17) is 21.1 Å². The number of hydrogen-bond acceptors (Lipinski definition) is 6. The predicted octanol–water partition coefficient (Wildman–Crippen LogP) is 5.53. The van der Waals surface area contributed by atoms with Crippen LogP contribution in [0, 0.1) is 0 Å². The van der Waals surface area contributed by atoms with Gasteiger partial charge in [-0.05, 0) is 92.2 Å². The lowest BCUT2D eigenvalue weighted by Gasteiger charge is -2.23. The minimum absolute atomic E-state index is 0.220. The quantitative estimate of drug-likeness (QED) is 0.0598. The first-order valence-electron chi connectivity index (χ1n) is 16.7. The Morgan fingerprint density at radius 3 is 2.31 bits per heavy atom. The van der Waals surface area contributed by atoms with E-state index in [2.05, 4.69) is 48.1 Å². The standard InChI is InChI=1S/C36H50N4O5/c1-4-11-24-19-25(12-5-2)21-26(20-24)22-40-29-15-10-14-28(36(43)39-38)33(29)34-30(45-23-32(42)44-6-3)18-17-27(35(34)40)13-8-7-9-16-31(37)41/h17-21,28H,4-16,22-23,38H2,1-3H3,(H2,37,41)(H,39,43). The number of amides is 2. The summed E-state index contributed by atoms with van der Waals surface area (Å²) in [5.74, 6) is 4.90. The molecule has 3 aromatic rings. The highest BCUT2D eigenvalue weighted by molar-refractivity contribution is 5.99. The number of aromatic nitrogens is 1. The molecule has 0 spiro atoms. The lowest BCUT2D eigenvalue weighted by atomic mass is 9.84. The molecule has 4 rings (SSSR count). The zero-order chi connectivity index (χ0) is 32.3. The van der Waals surface area contributed by atoms with E-state index in [1.54, 1.807) is 6.92 Å². The second kappa shape index (κ2) is 16.5. The number of aryl methyl sites for hydroxylation is 3. The fraction of sp³-hybridized carbons (Fsp3) is 0.528. The molecule has 45 heavy (non-hydrogen) atoms. The van der Waals surface area contributed by atoms with E-state index < -0.39 is 11.9 Å². The number of rotatable bonds is 17. The number of fused-ring (bicyclic) bond motifs is 3. The molecule has 0 bridgehead atoms. The molecule has 0 saturated heterocycles. The molecule has 0 saturated carbocycles. The van der Waals surface area contributed by atoms with Crippen molar-refractivity contribution >= 4 is 28.7 Å². The van der Waals surface area contributed by atoms with Crippen LogP contribution in [0.5, 0.6) is 5.75 Å². The summed E-state index contributed by atoms with van der Waals surface area (Å²) < 4.78 is 13.7. The third-order valence-corrected chi connectivity index (χ3v) is 8.66. The van der Waals surface area contributed by atoms with E-state index >= 15 is 0 Å². The van der Waals surface area contributed by atoms with Gasteiger partial charge in [0.25, 0.3) is 0 Å². The summed E-state index contributed by atoms with van der Waals surface area (Å²) in [6.07, 6.45) is 10.3. The molecule has 2 amide bonds. The number of nitrogens with zero attached hydrogens (tertiary/aromatic N) is 1. The Balaban J connectivity index is 1.90. The van der Waals surface area contributed by atoms with Crippen molar-refractivity contribution in [3.63, 3.8) is 0 Å². The molecule has 1 heterocycles. The highest BCUT2D eigenvalue weighted by Crippen LogP contribution is 2.45. The predicted molar refractivity (Wildman–Crippen MR) is 177 cm³/mol. The van der Waals surface area contributed by atoms with Gasteiger partial charge in [0.2, 0.25) is 11.8 Å². The number of benzene rings is 2. The Hall–Kier alpha value is -3.85. The number of nitrogens with one attached hydrogen (secondary N) is 1. The van der Waals surface area contributed by atoms with E-state index in [1.807, 2.05) is 6.07 Å². The molecule has 1 aliphatic rings.